The van der Waals surface area contributed by atoms with E-state index in [0.29, 0.717) is 15.8 Å². The molecule has 0 N–H and O–H groups in total. The summed E-state index contributed by atoms with van der Waals surface area (Å²) in [5.74, 6) is 0.00466. The molecule has 4 nitrogen and oxygen atoms in total. The Labute approximate surface area is 205 Å². The standard InChI is InChI=1S/C27H29N3OS2/c1-2-3-4-5-6-13-18-29-26(31)24(33-27(29)32)19-22-20-30(23-16-11-8-12-17-23)28-25(22)21-14-9-7-10-15-21/h7-12,14-17,19-20H,2-6,13,18H2,1H3/b24-19-. The second kappa shape index (κ2) is 11.4. The summed E-state index contributed by atoms with van der Waals surface area (Å²) in [6.45, 7) is 2.92. The van der Waals surface area contributed by atoms with Crippen LogP contribution < -0.4 is 0 Å². The maximum absolute atomic E-state index is 13.1. The number of amides is 1. The molecule has 170 valence electrons. The molecule has 0 aliphatic carbocycles. The number of carbonyl (C=O) groups excluding carboxylic acids is 1. The molecule has 4 rings (SSSR count). The average Bonchev–Trinajstić information content (AvgIpc) is 3.38. The minimum Gasteiger partial charge on any atom is -0.293 e. The SMILES string of the molecule is CCCCCCCCN1C(=O)/C(=C/c2cn(-c3ccccc3)nc2-c2ccccc2)SC1=S. The topological polar surface area (TPSA) is 38.1 Å². The van der Waals surface area contributed by atoms with Crippen LogP contribution in [-0.4, -0.2) is 31.5 Å². The van der Waals surface area contributed by atoms with Crippen molar-refractivity contribution in [3.63, 3.8) is 0 Å². The number of thiocarbonyl (C=S) groups is 1. The highest BCUT2D eigenvalue weighted by Crippen LogP contribution is 2.35. The fourth-order valence-corrected chi connectivity index (χ4v) is 5.21. The van der Waals surface area contributed by atoms with Gasteiger partial charge >= 0.3 is 0 Å². The maximum Gasteiger partial charge on any atom is 0.266 e. The van der Waals surface area contributed by atoms with E-state index in [1.165, 1.54) is 37.4 Å². The predicted molar refractivity (Wildman–Crippen MR) is 142 cm³/mol. The molecule has 1 amide bonds. The number of carbonyl (C=O) groups is 1. The van der Waals surface area contributed by atoms with Gasteiger partial charge in [-0.25, -0.2) is 4.68 Å². The molecule has 2 aromatic carbocycles. The first-order chi connectivity index (χ1) is 16.2. The van der Waals surface area contributed by atoms with Gasteiger partial charge in [-0.2, -0.15) is 5.10 Å². The molecular formula is C27H29N3OS2. The van der Waals surface area contributed by atoms with Gasteiger partial charge in [-0.05, 0) is 24.6 Å². The van der Waals surface area contributed by atoms with Crippen molar-refractivity contribution in [3.8, 4) is 16.9 Å². The van der Waals surface area contributed by atoms with Crippen molar-refractivity contribution in [2.45, 2.75) is 45.4 Å². The summed E-state index contributed by atoms with van der Waals surface area (Å²) in [4.78, 5) is 15.6. The molecule has 1 aliphatic heterocycles. The van der Waals surface area contributed by atoms with Crippen molar-refractivity contribution in [2.24, 2.45) is 0 Å². The van der Waals surface area contributed by atoms with Crippen LogP contribution in [0.2, 0.25) is 0 Å². The van der Waals surface area contributed by atoms with Crippen LogP contribution in [0, 0.1) is 0 Å². The van der Waals surface area contributed by atoms with Gasteiger partial charge in [-0.3, -0.25) is 9.69 Å². The summed E-state index contributed by atoms with van der Waals surface area (Å²) in [7, 11) is 0. The summed E-state index contributed by atoms with van der Waals surface area (Å²) in [6.07, 6.45) is 11.1. The van der Waals surface area contributed by atoms with E-state index in [-0.39, 0.29) is 5.91 Å². The van der Waals surface area contributed by atoms with Crippen molar-refractivity contribution < 1.29 is 4.79 Å². The van der Waals surface area contributed by atoms with Gasteiger partial charge in [-0.1, -0.05) is 112 Å². The molecule has 0 unspecified atom stereocenters. The number of para-hydroxylation sites is 1. The van der Waals surface area contributed by atoms with Crippen molar-refractivity contribution in [1.29, 1.82) is 0 Å². The Hall–Kier alpha value is -2.70. The number of hydrogen-bond acceptors (Lipinski definition) is 4. The molecule has 1 aromatic heterocycles. The predicted octanol–water partition coefficient (Wildman–Crippen LogP) is 7.10. The second-order valence-electron chi connectivity index (χ2n) is 8.18. The summed E-state index contributed by atoms with van der Waals surface area (Å²) in [5.41, 5.74) is 3.75. The zero-order valence-electron chi connectivity index (χ0n) is 18.9. The highest BCUT2D eigenvalue weighted by Gasteiger charge is 2.32. The van der Waals surface area contributed by atoms with Gasteiger partial charge in [-0.15, -0.1) is 0 Å². The van der Waals surface area contributed by atoms with Gasteiger partial charge in [0, 0.05) is 23.9 Å². The lowest BCUT2D eigenvalue weighted by atomic mass is 10.1. The van der Waals surface area contributed by atoms with E-state index in [2.05, 4.69) is 6.92 Å². The molecule has 33 heavy (non-hydrogen) atoms. The third-order valence-electron chi connectivity index (χ3n) is 5.71. The Kier molecular flexibility index (Phi) is 8.13. The lowest BCUT2D eigenvalue weighted by molar-refractivity contribution is -0.122. The zero-order chi connectivity index (χ0) is 23.0. The molecule has 0 atom stereocenters. The summed E-state index contributed by atoms with van der Waals surface area (Å²) in [6, 6.07) is 20.1. The smallest absolute Gasteiger partial charge is 0.266 e. The molecular weight excluding hydrogens is 446 g/mol. The number of benzene rings is 2. The summed E-state index contributed by atoms with van der Waals surface area (Å²) < 4.78 is 2.52. The van der Waals surface area contributed by atoms with Gasteiger partial charge < -0.3 is 0 Å². The van der Waals surface area contributed by atoms with Crippen molar-refractivity contribution in [1.82, 2.24) is 14.7 Å². The first kappa shape index (κ1) is 23.5. The third kappa shape index (κ3) is 5.81. The van der Waals surface area contributed by atoms with Crippen LogP contribution in [0.3, 0.4) is 0 Å². The second-order valence-corrected chi connectivity index (χ2v) is 9.86. The molecule has 0 spiro atoms. The maximum atomic E-state index is 13.1. The monoisotopic (exact) mass is 475 g/mol. The number of thioether (sulfide) groups is 1. The number of unbranched alkanes of at least 4 members (excludes halogenated alkanes) is 5. The first-order valence-electron chi connectivity index (χ1n) is 11.6. The number of aromatic nitrogens is 2. The Morgan fingerprint density at radius 3 is 2.33 bits per heavy atom. The normalized spacial score (nSPS) is 15.1. The lowest BCUT2D eigenvalue weighted by Gasteiger charge is -2.13. The van der Waals surface area contributed by atoms with Crippen LogP contribution in [0.5, 0.6) is 0 Å². The molecule has 1 aliphatic rings. The van der Waals surface area contributed by atoms with Crippen LogP contribution >= 0.6 is 24.0 Å². The quantitative estimate of drug-likeness (QED) is 0.178. The fraction of sp³-hybridized carbons (Fsp3) is 0.296. The first-order valence-corrected chi connectivity index (χ1v) is 12.9. The molecule has 0 bridgehead atoms. The molecule has 1 fully saturated rings. The molecule has 2 heterocycles. The van der Waals surface area contributed by atoms with Crippen molar-refractivity contribution >= 4 is 40.3 Å². The third-order valence-corrected chi connectivity index (χ3v) is 7.08. The summed E-state index contributed by atoms with van der Waals surface area (Å²) in [5, 5.41) is 4.85. The number of nitrogens with zero attached hydrogens (tertiary/aromatic N) is 3. The van der Waals surface area contributed by atoms with E-state index < -0.39 is 0 Å². The van der Waals surface area contributed by atoms with Crippen LogP contribution in [-0.2, 0) is 4.79 Å². The van der Waals surface area contributed by atoms with Crippen LogP contribution in [0.1, 0.15) is 51.0 Å². The van der Waals surface area contributed by atoms with Gasteiger partial charge in [0.25, 0.3) is 5.91 Å². The largest absolute Gasteiger partial charge is 0.293 e. The molecule has 0 radical (unpaired) electrons. The number of rotatable bonds is 10. The van der Waals surface area contributed by atoms with Gasteiger partial charge in [0.15, 0.2) is 0 Å². The average molecular weight is 476 g/mol. The Balaban J connectivity index is 1.56. The minimum absolute atomic E-state index is 0.00466. The van der Waals surface area contributed by atoms with E-state index in [1.54, 1.807) is 4.90 Å². The minimum atomic E-state index is 0.00466. The molecule has 3 aromatic rings. The Bertz CT molecular complexity index is 1120. The van der Waals surface area contributed by atoms with Crippen LogP contribution in [0.15, 0.2) is 71.8 Å². The van der Waals surface area contributed by atoms with Crippen LogP contribution in [0.4, 0.5) is 0 Å². The van der Waals surface area contributed by atoms with Gasteiger partial charge in [0.1, 0.15) is 4.32 Å². The Morgan fingerprint density at radius 1 is 0.939 bits per heavy atom. The molecule has 6 heteroatoms. The zero-order valence-corrected chi connectivity index (χ0v) is 20.6. The van der Waals surface area contributed by atoms with Crippen LogP contribution in [0.25, 0.3) is 23.0 Å². The van der Waals surface area contributed by atoms with Crippen molar-refractivity contribution in [3.05, 3.63) is 77.3 Å². The van der Waals surface area contributed by atoms with E-state index in [9.17, 15) is 4.79 Å². The van der Waals surface area contributed by atoms with E-state index in [1.807, 2.05) is 77.6 Å². The highest BCUT2D eigenvalue weighted by atomic mass is 32.2. The van der Waals surface area contributed by atoms with E-state index in [0.717, 1.165) is 35.3 Å². The Morgan fingerprint density at radius 2 is 1.61 bits per heavy atom. The summed E-state index contributed by atoms with van der Waals surface area (Å²) >= 11 is 6.93. The highest BCUT2D eigenvalue weighted by molar-refractivity contribution is 8.26. The van der Waals surface area contributed by atoms with Crippen molar-refractivity contribution in [2.75, 3.05) is 6.54 Å². The lowest BCUT2D eigenvalue weighted by Crippen LogP contribution is -2.29. The fourth-order valence-electron chi connectivity index (χ4n) is 3.91. The molecule has 0 saturated carbocycles. The number of hydrogen-bond donors (Lipinski definition) is 0. The van der Waals surface area contributed by atoms with Gasteiger partial charge in [0.2, 0.25) is 0 Å². The molecule has 1 saturated heterocycles. The van der Waals surface area contributed by atoms with E-state index in [4.69, 9.17) is 17.3 Å². The van der Waals surface area contributed by atoms with E-state index >= 15 is 0 Å². The van der Waals surface area contributed by atoms with Gasteiger partial charge in [0.05, 0.1) is 16.3 Å².